The van der Waals surface area contributed by atoms with E-state index in [0.29, 0.717) is 0 Å². The predicted octanol–water partition coefficient (Wildman–Crippen LogP) is 2.77. The Morgan fingerprint density at radius 1 is 1.43 bits per heavy atom. The van der Waals surface area contributed by atoms with Crippen molar-refractivity contribution in [3.63, 3.8) is 0 Å². The normalized spacial score (nSPS) is 10.1. The van der Waals surface area contributed by atoms with Crippen LogP contribution in [0.4, 0.5) is 5.69 Å². The summed E-state index contributed by atoms with van der Waals surface area (Å²) in [5.41, 5.74) is 2.14. The van der Waals surface area contributed by atoms with Crippen LogP contribution in [0.2, 0.25) is 0 Å². The second kappa shape index (κ2) is 3.96. The second-order valence-corrected chi connectivity index (χ2v) is 2.98. The molecular weight excluding hydrogens is 176 g/mol. The molecule has 3 heteroatoms. The molecule has 14 heavy (non-hydrogen) atoms. The minimum Gasteiger partial charge on any atom is -0.444 e. The Labute approximate surface area is 82.8 Å². The van der Waals surface area contributed by atoms with Gasteiger partial charge in [0.05, 0.1) is 6.20 Å². The second-order valence-electron chi connectivity index (χ2n) is 2.98. The fraction of sp³-hybridized carbons (Fsp3) is 0.182. The summed E-state index contributed by atoms with van der Waals surface area (Å²) in [7, 11) is 0. The zero-order valence-corrected chi connectivity index (χ0v) is 8.03. The summed E-state index contributed by atoms with van der Waals surface area (Å²) in [6, 6.07) is 8.07. The molecule has 0 saturated heterocycles. The van der Waals surface area contributed by atoms with E-state index >= 15 is 0 Å². The van der Waals surface area contributed by atoms with E-state index in [2.05, 4.69) is 17.2 Å². The lowest BCUT2D eigenvalue weighted by Gasteiger charge is -2.03. The topological polar surface area (TPSA) is 38.1 Å². The van der Waals surface area contributed by atoms with E-state index in [1.807, 2.05) is 24.3 Å². The van der Waals surface area contributed by atoms with Crippen LogP contribution < -0.4 is 5.32 Å². The van der Waals surface area contributed by atoms with Crippen molar-refractivity contribution in [3.05, 3.63) is 36.9 Å². The van der Waals surface area contributed by atoms with Gasteiger partial charge in [0.15, 0.2) is 12.2 Å². The van der Waals surface area contributed by atoms with Gasteiger partial charge in [-0.2, -0.15) is 0 Å². The van der Waals surface area contributed by atoms with Gasteiger partial charge in [-0.1, -0.05) is 12.1 Å². The smallest absolute Gasteiger partial charge is 0.181 e. The quantitative estimate of drug-likeness (QED) is 0.804. The summed E-state index contributed by atoms with van der Waals surface area (Å²) in [6.07, 6.45) is 3.15. The molecule has 1 aromatic carbocycles. The molecule has 1 heterocycles. The average molecular weight is 188 g/mol. The standard InChI is InChI=1S/C11H12N2O/c1-2-13-10-5-3-4-9(6-10)11-7-12-8-14-11/h3-8,13H,2H2,1H3. The minimum absolute atomic E-state index is 0.796. The van der Waals surface area contributed by atoms with Crippen LogP contribution in [0.3, 0.4) is 0 Å². The van der Waals surface area contributed by atoms with E-state index in [-0.39, 0.29) is 0 Å². The zero-order chi connectivity index (χ0) is 9.80. The molecule has 1 aromatic heterocycles. The number of rotatable bonds is 3. The highest BCUT2D eigenvalue weighted by atomic mass is 16.3. The van der Waals surface area contributed by atoms with Gasteiger partial charge in [-0.15, -0.1) is 0 Å². The van der Waals surface area contributed by atoms with Crippen molar-refractivity contribution in [3.8, 4) is 11.3 Å². The average Bonchev–Trinajstić information content (AvgIpc) is 2.71. The fourth-order valence-corrected chi connectivity index (χ4v) is 1.34. The van der Waals surface area contributed by atoms with Crippen molar-refractivity contribution in [2.24, 2.45) is 0 Å². The van der Waals surface area contributed by atoms with Crippen molar-refractivity contribution in [1.29, 1.82) is 0 Å². The van der Waals surface area contributed by atoms with E-state index in [1.54, 1.807) is 6.20 Å². The van der Waals surface area contributed by atoms with Crippen LogP contribution in [-0.2, 0) is 0 Å². The Balaban J connectivity index is 2.31. The summed E-state index contributed by atoms with van der Waals surface area (Å²) in [5.74, 6) is 0.796. The number of aromatic nitrogens is 1. The Hall–Kier alpha value is -1.77. The van der Waals surface area contributed by atoms with Crippen molar-refractivity contribution < 1.29 is 4.42 Å². The van der Waals surface area contributed by atoms with Crippen molar-refractivity contribution in [2.45, 2.75) is 6.92 Å². The summed E-state index contributed by atoms with van der Waals surface area (Å²) in [4.78, 5) is 3.89. The Bertz CT molecular complexity index is 395. The van der Waals surface area contributed by atoms with Gasteiger partial charge in [0.2, 0.25) is 0 Å². The first-order chi connectivity index (χ1) is 6.90. The van der Waals surface area contributed by atoms with Crippen LogP contribution in [0.5, 0.6) is 0 Å². The molecule has 0 atom stereocenters. The molecule has 0 aliphatic carbocycles. The lowest BCUT2D eigenvalue weighted by atomic mass is 10.1. The van der Waals surface area contributed by atoms with Gasteiger partial charge in [0, 0.05) is 17.8 Å². The van der Waals surface area contributed by atoms with E-state index < -0.39 is 0 Å². The van der Waals surface area contributed by atoms with Crippen LogP contribution in [0.25, 0.3) is 11.3 Å². The Morgan fingerprint density at radius 3 is 3.07 bits per heavy atom. The van der Waals surface area contributed by atoms with Gasteiger partial charge in [0.1, 0.15) is 0 Å². The lowest BCUT2D eigenvalue weighted by molar-refractivity contribution is 0.572. The van der Waals surface area contributed by atoms with E-state index in [0.717, 1.165) is 23.6 Å². The molecule has 72 valence electrons. The van der Waals surface area contributed by atoms with Gasteiger partial charge >= 0.3 is 0 Å². The summed E-state index contributed by atoms with van der Waals surface area (Å²) < 4.78 is 5.21. The molecule has 0 aliphatic rings. The first kappa shape index (κ1) is 8.81. The van der Waals surface area contributed by atoms with E-state index in [9.17, 15) is 0 Å². The molecule has 0 fully saturated rings. The van der Waals surface area contributed by atoms with Crippen LogP contribution >= 0.6 is 0 Å². The molecule has 0 radical (unpaired) electrons. The number of hydrogen-bond acceptors (Lipinski definition) is 3. The molecule has 1 N–H and O–H groups in total. The minimum atomic E-state index is 0.796. The van der Waals surface area contributed by atoms with Gasteiger partial charge in [0.25, 0.3) is 0 Å². The van der Waals surface area contributed by atoms with Gasteiger partial charge in [-0.3, -0.25) is 0 Å². The monoisotopic (exact) mass is 188 g/mol. The predicted molar refractivity (Wildman–Crippen MR) is 56.1 cm³/mol. The highest BCUT2D eigenvalue weighted by Gasteiger charge is 2.01. The van der Waals surface area contributed by atoms with Crippen molar-refractivity contribution in [1.82, 2.24) is 4.98 Å². The summed E-state index contributed by atoms with van der Waals surface area (Å²) >= 11 is 0. The van der Waals surface area contributed by atoms with Crippen molar-refractivity contribution in [2.75, 3.05) is 11.9 Å². The highest BCUT2D eigenvalue weighted by Crippen LogP contribution is 2.21. The van der Waals surface area contributed by atoms with E-state index in [4.69, 9.17) is 4.42 Å². The van der Waals surface area contributed by atoms with Gasteiger partial charge < -0.3 is 9.73 Å². The summed E-state index contributed by atoms with van der Waals surface area (Å²) in [5, 5.41) is 3.25. The first-order valence-corrected chi connectivity index (χ1v) is 4.63. The SMILES string of the molecule is CCNc1cccc(-c2cnco2)c1. The Kier molecular flexibility index (Phi) is 2.49. The molecule has 0 spiro atoms. The number of nitrogens with zero attached hydrogens (tertiary/aromatic N) is 1. The van der Waals surface area contributed by atoms with E-state index in [1.165, 1.54) is 6.39 Å². The number of benzene rings is 1. The van der Waals surface area contributed by atoms with Crippen LogP contribution in [0.15, 0.2) is 41.3 Å². The third kappa shape index (κ3) is 1.76. The molecular formula is C11H12N2O. The maximum Gasteiger partial charge on any atom is 0.181 e. The zero-order valence-electron chi connectivity index (χ0n) is 8.03. The fourth-order valence-electron chi connectivity index (χ4n) is 1.34. The maximum atomic E-state index is 5.21. The van der Waals surface area contributed by atoms with Crippen LogP contribution in [-0.4, -0.2) is 11.5 Å². The number of anilines is 1. The van der Waals surface area contributed by atoms with Gasteiger partial charge in [-0.05, 0) is 19.1 Å². The molecule has 2 rings (SSSR count). The molecule has 0 aliphatic heterocycles. The summed E-state index contributed by atoms with van der Waals surface area (Å²) in [6.45, 7) is 2.99. The van der Waals surface area contributed by atoms with Crippen LogP contribution in [0.1, 0.15) is 6.92 Å². The van der Waals surface area contributed by atoms with Gasteiger partial charge in [-0.25, -0.2) is 4.98 Å². The number of oxazole rings is 1. The number of hydrogen-bond donors (Lipinski definition) is 1. The lowest BCUT2D eigenvalue weighted by Crippen LogP contribution is -1.95. The number of nitrogens with one attached hydrogen (secondary N) is 1. The first-order valence-electron chi connectivity index (χ1n) is 4.63. The molecule has 0 bridgehead atoms. The third-order valence-electron chi connectivity index (χ3n) is 1.96. The third-order valence-corrected chi connectivity index (χ3v) is 1.96. The van der Waals surface area contributed by atoms with Crippen LogP contribution in [0, 0.1) is 0 Å². The molecule has 2 aromatic rings. The van der Waals surface area contributed by atoms with Crippen molar-refractivity contribution >= 4 is 5.69 Å². The molecule has 0 amide bonds. The molecule has 3 nitrogen and oxygen atoms in total. The molecule has 0 saturated carbocycles. The highest BCUT2D eigenvalue weighted by molar-refractivity contribution is 5.63. The molecule has 0 unspecified atom stereocenters. The Morgan fingerprint density at radius 2 is 2.36 bits per heavy atom. The largest absolute Gasteiger partial charge is 0.444 e. The maximum absolute atomic E-state index is 5.21.